The Morgan fingerprint density at radius 2 is 1.88 bits per heavy atom. The van der Waals surface area contributed by atoms with Crippen molar-refractivity contribution in [1.29, 1.82) is 0 Å². The Hall–Kier alpha value is -3.80. The van der Waals surface area contributed by atoms with Crippen LogP contribution in [0.1, 0.15) is 18.6 Å². The van der Waals surface area contributed by atoms with Crippen LogP contribution in [-0.4, -0.2) is 28.8 Å². The molecule has 0 saturated heterocycles. The van der Waals surface area contributed by atoms with Crippen molar-refractivity contribution in [3.63, 3.8) is 0 Å². The molecule has 1 atom stereocenters. The van der Waals surface area contributed by atoms with Crippen LogP contribution >= 0.6 is 0 Å². The van der Waals surface area contributed by atoms with E-state index in [2.05, 4.69) is 10.1 Å². The van der Waals surface area contributed by atoms with Crippen LogP contribution in [0.5, 0.6) is 5.75 Å². The first-order chi connectivity index (χ1) is 15.7. The Kier molecular flexibility index (Phi) is 5.85. The molecule has 8 nitrogen and oxygen atoms in total. The molecule has 0 aliphatic carbocycles. The predicted molar refractivity (Wildman–Crippen MR) is 117 cm³/mol. The molecule has 0 saturated carbocycles. The predicted octanol–water partition coefficient (Wildman–Crippen LogP) is 4.22. The molecule has 3 N–H and O–H groups in total. The minimum Gasteiger partial charge on any atom is -0.484 e. The molecule has 2 heterocycles. The van der Waals surface area contributed by atoms with E-state index in [9.17, 15) is 21.6 Å². The number of nitrogens with zero attached hydrogens (tertiary/aromatic N) is 3. The summed E-state index contributed by atoms with van der Waals surface area (Å²) in [6.07, 6.45) is 3.97. The first-order valence-corrected chi connectivity index (χ1v) is 11.1. The quantitative estimate of drug-likeness (QED) is 0.412. The normalized spacial score (nSPS) is 12.8. The van der Waals surface area contributed by atoms with Crippen LogP contribution < -0.4 is 15.2 Å². The van der Waals surface area contributed by atoms with E-state index in [0.717, 1.165) is 0 Å². The van der Waals surface area contributed by atoms with Crippen LogP contribution in [0.25, 0.3) is 16.6 Å². The number of alkyl halides is 2. The van der Waals surface area contributed by atoms with E-state index in [1.54, 1.807) is 19.3 Å². The van der Waals surface area contributed by atoms with Crippen molar-refractivity contribution in [2.45, 2.75) is 18.8 Å². The highest BCUT2D eigenvalue weighted by atomic mass is 32.2. The average Bonchev–Trinajstić information content (AvgIpc) is 3.21. The van der Waals surface area contributed by atoms with Crippen molar-refractivity contribution in [2.75, 3.05) is 10.5 Å². The topological polar surface area (TPSA) is 112 Å². The second-order valence-electron chi connectivity index (χ2n) is 7.09. The summed E-state index contributed by atoms with van der Waals surface area (Å²) in [7, 11) is -4.95. The summed E-state index contributed by atoms with van der Waals surface area (Å²) in [5, 5.41) is 4.22. The number of hydrogen-bond acceptors (Lipinski definition) is 6. The van der Waals surface area contributed by atoms with Gasteiger partial charge in [-0.05, 0) is 42.3 Å². The van der Waals surface area contributed by atoms with Gasteiger partial charge in [-0.25, -0.2) is 22.3 Å². The molecule has 4 aromatic rings. The Bertz CT molecular complexity index is 1410. The lowest BCUT2D eigenvalue weighted by Crippen LogP contribution is -2.21. The summed E-state index contributed by atoms with van der Waals surface area (Å²) in [6.45, 7) is 1.66. The smallest absolute Gasteiger partial charge is 0.355 e. The van der Waals surface area contributed by atoms with Crippen molar-refractivity contribution < 1.29 is 26.3 Å². The van der Waals surface area contributed by atoms with Gasteiger partial charge in [0.1, 0.15) is 29.0 Å². The molecule has 0 aliphatic rings. The van der Waals surface area contributed by atoms with Gasteiger partial charge in [-0.15, -0.1) is 0 Å². The highest BCUT2D eigenvalue weighted by molar-refractivity contribution is 7.93. The van der Waals surface area contributed by atoms with Crippen LogP contribution in [-0.2, 0) is 10.0 Å². The molecule has 0 aliphatic heterocycles. The van der Waals surface area contributed by atoms with Gasteiger partial charge >= 0.3 is 5.76 Å². The number of sulfonamides is 1. The highest BCUT2D eigenvalue weighted by Crippen LogP contribution is 2.37. The Morgan fingerprint density at radius 1 is 1.15 bits per heavy atom. The maximum atomic E-state index is 13.3. The maximum Gasteiger partial charge on any atom is 0.355 e. The number of fused-ring (bicyclic) bond motifs is 1. The van der Waals surface area contributed by atoms with Gasteiger partial charge in [0.2, 0.25) is 0 Å². The lowest BCUT2D eigenvalue weighted by Gasteiger charge is -2.19. The molecule has 0 spiro atoms. The third-order valence-corrected chi connectivity index (χ3v) is 5.86. The summed E-state index contributed by atoms with van der Waals surface area (Å²) in [4.78, 5) is 4.05. The summed E-state index contributed by atoms with van der Waals surface area (Å²) in [6, 6.07) is 9.81. The van der Waals surface area contributed by atoms with Crippen molar-refractivity contribution in [3.8, 4) is 16.9 Å². The number of halogens is 3. The Morgan fingerprint density at radius 3 is 2.58 bits per heavy atom. The zero-order valence-electron chi connectivity index (χ0n) is 17.1. The number of nitrogens with one attached hydrogen (secondary N) is 1. The van der Waals surface area contributed by atoms with Gasteiger partial charge < -0.3 is 10.5 Å². The lowest BCUT2D eigenvalue weighted by atomic mass is 10.1. The summed E-state index contributed by atoms with van der Waals surface area (Å²) in [5.41, 5.74) is 8.01. The first kappa shape index (κ1) is 22.4. The number of aromatic nitrogens is 3. The number of rotatable bonds is 7. The molecule has 2 aromatic heterocycles. The van der Waals surface area contributed by atoms with Crippen LogP contribution in [0.2, 0.25) is 0 Å². The zero-order chi connectivity index (χ0) is 23.8. The van der Waals surface area contributed by atoms with Crippen LogP contribution in [0.15, 0.2) is 61.1 Å². The van der Waals surface area contributed by atoms with E-state index in [0.29, 0.717) is 22.2 Å². The Balaban J connectivity index is 1.78. The molecule has 172 valence electrons. The Labute approximate surface area is 186 Å². The van der Waals surface area contributed by atoms with Gasteiger partial charge in [-0.1, -0.05) is 18.2 Å². The van der Waals surface area contributed by atoms with Gasteiger partial charge in [0.25, 0.3) is 10.0 Å². The second kappa shape index (κ2) is 8.62. The molecule has 12 heteroatoms. The van der Waals surface area contributed by atoms with Crippen molar-refractivity contribution >= 4 is 27.0 Å². The minimum atomic E-state index is -4.95. The molecule has 0 fully saturated rings. The number of nitrogen functional groups attached to an aromatic ring is 1. The third-order valence-electron chi connectivity index (χ3n) is 4.88. The fraction of sp³-hybridized carbons (Fsp3) is 0.143. The van der Waals surface area contributed by atoms with Gasteiger partial charge in [-0.2, -0.15) is 13.9 Å². The highest BCUT2D eigenvalue weighted by Gasteiger charge is 2.26. The third kappa shape index (κ3) is 4.55. The van der Waals surface area contributed by atoms with E-state index >= 15 is 0 Å². The van der Waals surface area contributed by atoms with Crippen molar-refractivity contribution in [2.24, 2.45) is 0 Å². The number of anilines is 2. The standard InChI is InChI=1S/C21H18F3N5O3S/c1-12(13-2-5-15(22)6-3-13)32-18-10-14(4-7-17(18)28-33(30,31)21(23)24)16-11-27-29-9-8-26-20(25)19(16)29/h2-12,21,28H,1H3,(H2,25,26)/t12-/m0/s1. The van der Waals surface area contributed by atoms with E-state index in [1.165, 1.54) is 53.2 Å². The zero-order valence-corrected chi connectivity index (χ0v) is 17.9. The van der Waals surface area contributed by atoms with E-state index in [-0.39, 0.29) is 17.3 Å². The second-order valence-corrected chi connectivity index (χ2v) is 8.74. The van der Waals surface area contributed by atoms with Crippen molar-refractivity contribution in [3.05, 3.63) is 72.4 Å². The maximum absolute atomic E-state index is 13.3. The number of nitrogens with two attached hydrogens (primary N) is 1. The molecule has 33 heavy (non-hydrogen) atoms. The summed E-state index contributed by atoms with van der Waals surface area (Å²) in [5.74, 6) is -3.87. The fourth-order valence-corrected chi connectivity index (χ4v) is 3.81. The van der Waals surface area contributed by atoms with Crippen LogP contribution in [0, 0.1) is 5.82 Å². The van der Waals surface area contributed by atoms with Gasteiger partial charge in [0.15, 0.2) is 0 Å². The molecule has 0 amide bonds. The molecule has 0 radical (unpaired) electrons. The SMILES string of the molecule is C[C@H](Oc1cc(-c2cnn3ccnc(N)c23)ccc1NS(=O)(=O)C(F)F)c1ccc(F)cc1. The first-order valence-electron chi connectivity index (χ1n) is 9.60. The number of ether oxygens (including phenoxy) is 1. The molecule has 4 rings (SSSR count). The molecular weight excluding hydrogens is 459 g/mol. The van der Waals surface area contributed by atoms with E-state index in [1.807, 2.05) is 4.72 Å². The number of benzene rings is 2. The molecular formula is C21H18F3N5O3S. The van der Waals surface area contributed by atoms with E-state index in [4.69, 9.17) is 10.5 Å². The largest absolute Gasteiger partial charge is 0.484 e. The van der Waals surface area contributed by atoms with Gasteiger partial charge in [0, 0.05) is 18.0 Å². The average molecular weight is 477 g/mol. The van der Waals surface area contributed by atoms with Crippen LogP contribution in [0.4, 0.5) is 24.7 Å². The summed E-state index contributed by atoms with van der Waals surface area (Å²) < 4.78 is 72.0. The summed E-state index contributed by atoms with van der Waals surface area (Å²) >= 11 is 0. The van der Waals surface area contributed by atoms with E-state index < -0.39 is 27.7 Å². The monoisotopic (exact) mass is 477 g/mol. The van der Waals surface area contributed by atoms with Crippen LogP contribution in [0.3, 0.4) is 0 Å². The van der Waals surface area contributed by atoms with Gasteiger partial charge in [0.05, 0.1) is 11.9 Å². The molecule has 0 bridgehead atoms. The van der Waals surface area contributed by atoms with Crippen molar-refractivity contribution in [1.82, 2.24) is 14.6 Å². The minimum absolute atomic E-state index is 0.0182. The fourth-order valence-electron chi connectivity index (χ4n) is 3.24. The molecule has 2 aromatic carbocycles. The molecule has 0 unspecified atom stereocenters. The lowest BCUT2D eigenvalue weighted by molar-refractivity contribution is 0.228. The number of hydrogen-bond donors (Lipinski definition) is 2. The van der Waals surface area contributed by atoms with Gasteiger partial charge in [-0.3, -0.25) is 4.72 Å².